The van der Waals surface area contributed by atoms with Gasteiger partial charge < -0.3 is 64.9 Å². The number of esters is 5. The number of quaternary nitrogens is 1. The summed E-state index contributed by atoms with van der Waals surface area (Å²) in [4.78, 5) is 113. The number of benzene rings is 3. The number of halogens is 2. The Hall–Kier alpha value is -8.56. The molecule has 89 heavy (non-hydrogen) atoms. The minimum atomic E-state index is -3.34. The Balaban J connectivity index is 0.00000129. The van der Waals surface area contributed by atoms with E-state index in [0.29, 0.717) is 12.1 Å². The molecule has 0 aliphatic carbocycles. The van der Waals surface area contributed by atoms with Gasteiger partial charge in [-0.25, -0.2) is 18.9 Å². The van der Waals surface area contributed by atoms with Crippen LogP contribution in [0.3, 0.4) is 0 Å². The Kier molecular flexibility index (Phi) is 46.5. The maximum absolute atomic E-state index is 13.2. The predicted octanol–water partition coefficient (Wildman–Crippen LogP) is 4.64. The van der Waals surface area contributed by atoms with Crippen LogP contribution in [-0.2, 0) is 91.4 Å². The van der Waals surface area contributed by atoms with Crippen molar-refractivity contribution in [3.63, 3.8) is 0 Å². The summed E-state index contributed by atoms with van der Waals surface area (Å²) in [5.74, 6) is -7.06. The third kappa shape index (κ3) is 44.5. The SMILES string of the molecule is C=C/C=C\C(=C)COC(=O)C[C@@H](NC(C)=O)C(=O)C[C@@H](CC(=O)OCc1ccccc1)C(O)NCCCCCC.CCCCCC[NH3+].O=C(CC1NC(O)OC1=O)OCc1ccccc1.O=C([O-])C(F)F.O=COC(=O)NCCC(=O)OCc1ccccc1. The highest BCUT2D eigenvalue weighted by atomic mass is 19.3. The number of carboxylic acids is 1. The second-order valence-electron chi connectivity index (χ2n) is 19.3. The molecule has 1 heterocycles. The highest BCUT2D eigenvalue weighted by Gasteiger charge is 2.35. The molecular weight excluding hydrogens is 1170 g/mol. The van der Waals surface area contributed by atoms with Crippen LogP contribution < -0.4 is 32.1 Å². The number of hydrogen-bond donors (Lipinski definition) is 7. The number of carbonyl (C=O) groups excluding carboxylic acids is 10. The minimum absolute atomic E-state index is 0.0147. The number of alkyl halides is 2. The molecule has 9 N–H and O–H groups in total. The molecular formula is C63H87F2N5O19. The van der Waals surface area contributed by atoms with Crippen molar-refractivity contribution in [2.45, 2.75) is 155 Å². The smallest absolute Gasteiger partial charge is 0.414 e. The average molecular weight is 1260 g/mol. The molecule has 26 heteroatoms. The molecule has 3 aromatic rings. The molecule has 4 rings (SSSR count). The number of carboxylic acid groups (broad SMARTS) is 1. The lowest BCUT2D eigenvalue weighted by Gasteiger charge is -2.25. The van der Waals surface area contributed by atoms with E-state index in [-0.39, 0.29) is 65.1 Å². The van der Waals surface area contributed by atoms with E-state index < -0.39 is 97.1 Å². The number of unbranched alkanes of at least 4 members (excludes halogenated alkanes) is 6. The van der Waals surface area contributed by atoms with Crippen LogP contribution in [0.1, 0.15) is 121 Å². The summed E-state index contributed by atoms with van der Waals surface area (Å²) in [5, 5.41) is 38.8. The molecule has 0 saturated carbocycles. The number of aliphatic hydroxyl groups excluding tert-OH is 2. The van der Waals surface area contributed by atoms with Crippen LogP contribution in [0.5, 0.6) is 0 Å². The molecule has 3 unspecified atom stereocenters. The van der Waals surface area contributed by atoms with Crippen molar-refractivity contribution in [1.82, 2.24) is 21.3 Å². The molecule has 0 spiro atoms. The van der Waals surface area contributed by atoms with Gasteiger partial charge in [-0.2, -0.15) is 0 Å². The minimum Gasteiger partial charge on any atom is -0.544 e. The second kappa shape index (κ2) is 51.5. The monoisotopic (exact) mass is 1260 g/mol. The zero-order valence-corrected chi connectivity index (χ0v) is 50.8. The lowest BCUT2D eigenvalue weighted by Crippen LogP contribution is -2.50. The fraction of sp³-hybridized carbons (Fsp3) is 0.460. The number of aliphatic hydroxyl groups is 2. The first-order chi connectivity index (χ1) is 42.6. The van der Waals surface area contributed by atoms with Gasteiger partial charge in [-0.05, 0) is 48.1 Å². The largest absolute Gasteiger partial charge is 0.544 e. The summed E-state index contributed by atoms with van der Waals surface area (Å²) >= 11 is 0. The lowest BCUT2D eigenvalue weighted by molar-refractivity contribution is -0.368. The first kappa shape index (κ1) is 80.4. The summed E-state index contributed by atoms with van der Waals surface area (Å²) in [6, 6.07) is 25.6. The van der Waals surface area contributed by atoms with Crippen LogP contribution in [0.15, 0.2) is 128 Å². The Bertz CT molecular complexity index is 2580. The number of cyclic esters (lactones) is 1. The molecule has 1 saturated heterocycles. The topological polar surface area (TPSA) is 365 Å². The number of aliphatic carboxylic acids is 1. The third-order valence-corrected chi connectivity index (χ3v) is 11.7. The molecule has 1 fully saturated rings. The fourth-order valence-electron chi connectivity index (χ4n) is 7.16. The molecule has 0 bridgehead atoms. The molecule has 1 aliphatic heterocycles. The average Bonchev–Trinajstić information content (AvgIpc) is 3.91. The van der Waals surface area contributed by atoms with Crippen LogP contribution in [0.4, 0.5) is 13.6 Å². The normalized spacial score (nSPS) is 13.7. The van der Waals surface area contributed by atoms with Crippen molar-refractivity contribution >= 4 is 60.1 Å². The van der Waals surface area contributed by atoms with Gasteiger partial charge in [0.15, 0.2) is 5.78 Å². The van der Waals surface area contributed by atoms with E-state index in [0.717, 1.165) is 48.9 Å². The maximum atomic E-state index is 13.2. The van der Waals surface area contributed by atoms with Gasteiger partial charge in [0.05, 0.1) is 38.3 Å². The first-order valence-corrected chi connectivity index (χ1v) is 28.8. The predicted molar refractivity (Wildman–Crippen MR) is 318 cm³/mol. The van der Waals surface area contributed by atoms with E-state index in [1.807, 2.05) is 91.0 Å². The number of allylic oxidation sites excluding steroid dienone is 2. The van der Waals surface area contributed by atoms with Crippen LogP contribution in [0, 0.1) is 5.92 Å². The van der Waals surface area contributed by atoms with Gasteiger partial charge in [0.25, 0.3) is 12.8 Å². The zero-order chi connectivity index (χ0) is 66.6. The lowest BCUT2D eigenvalue weighted by atomic mass is 9.92. The molecule has 5 atom stereocenters. The van der Waals surface area contributed by atoms with Crippen LogP contribution in [0.25, 0.3) is 0 Å². The standard InChI is InChI=1S/C31H44N2O7.2C12H13NO5.C6H15N.C2H2F2O2/c1-5-7-9-13-17-32-31(38)26(19-29(36)40-22-25-15-11-10-12-16-25)18-28(35)27(33-24(4)34)20-30(37)39-21-23(3)14-8-6-2;14-10(6-9-11(15)18-12(16)13-9)17-7-8-4-2-1-3-5-8;14-9-18-12(16)13-7-6-11(15)17-8-10-4-2-1-3-5-10;1-2-3-4-5-6-7;3-1(4)2(5)6/h6,8,10-12,14-16,26-27,31-32,38H,2-3,5,7,9,13,17-22H2,1,4H3,(H,33,34);1-5,9,12-13,16H,6-7H2;1-5,9H,6-8H2,(H,13,16);2-7H2,1H3;1H,(H,5,6)/b14-8-;;;;/t26-,27+,31?;;;;/m0..../s1. The number of ketones is 1. The highest BCUT2D eigenvalue weighted by Crippen LogP contribution is 2.18. The van der Waals surface area contributed by atoms with Crippen molar-refractivity contribution < 1.29 is 106 Å². The summed E-state index contributed by atoms with van der Waals surface area (Å²) in [7, 11) is 0. The highest BCUT2D eigenvalue weighted by molar-refractivity contribution is 5.92. The van der Waals surface area contributed by atoms with Gasteiger partial charge in [-0.15, -0.1) is 0 Å². The van der Waals surface area contributed by atoms with Gasteiger partial charge in [-0.3, -0.25) is 43.7 Å². The molecule has 3 aromatic carbocycles. The quantitative estimate of drug-likeness (QED) is 0.00792. The fourth-order valence-corrected chi connectivity index (χ4v) is 7.16. The number of ether oxygens (including phenoxy) is 6. The molecule has 492 valence electrons. The molecule has 0 radical (unpaired) electrons. The Morgan fingerprint density at radius 2 is 1.25 bits per heavy atom. The van der Waals surface area contributed by atoms with E-state index in [4.69, 9.17) is 34.0 Å². The van der Waals surface area contributed by atoms with Crippen LogP contribution >= 0.6 is 0 Å². The van der Waals surface area contributed by atoms with E-state index >= 15 is 0 Å². The van der Waals surface area contributed by atoms with Crippen LogP contribution in [-0.4, -0.2) is 128 Å². The van der Waals surface area contributed by atoms with Crippen LogP contribution in [0.2, 0.25) is 0 Å². The Morgan fingerprint density at radius 1 is 0.742 bits per heavy atom. The van der Waals surface area contributed by atoms with E-state index in [1.165, 1.54) is 32.6 Å². The van der Waals surface area contributed by atoms with Crippen molar-refractivity contribution in [3.8, 4) is 0 Å². The summed E-state index contributed by atoms with van der Waals surface area (Å²) in [5.41, 5.74) is 6.85. The summed E-state index contributed by atoms with van der Waals surface area (Å²) in [6.45, 7) is 14.9. The summed E-state index contributed by atoms with van der Waals surface area (Å²) in [6.07, 6.45) is 6.41. The third-order valence-electron chi connectivity index (χ3n) is 11.7. The van der Waals surface area contributed by atoms with E-state index in [9.17, 15) is 57.0 Å². The molecule has 1 aliphatic rings. The molecule has 24 nitrogen and oxygen atoms in total. The number of rotatable bonds is 36. The first-order valence-electron chi connectivity index (χ1n) is 28.8. The number of hydrogen-bond acceptors (Lipinski definition) is 21. The van der Waals surface area contributed by atoms with Gasteiger partial charge >= 0.3 is 42.4 Å². The van der Waals surface area contributed by atoms with Crippen molar-refractivity contribution in [1.29, 1.82) is 0 Å². The maximum Gasteiger partial charge on any atom is 0.414 e. The Labute approximate surface area is 517 Å². The van der Waals surface area contributed by atoms with E-state index in [1.54, 1.807) is 18.2 Å². The van der Waals surface area contributed by atoms with Gasteiger partial charge in [0.2, 0.25) is 5.91 Å². The number of carbonyl (C=O) groups is 10. The van der Waals surface area contributed by atoms with E-state index in [2.05, 4.69) is 63.5 Å². The van der Waals surface area contributed by atoms with Gasteiger partial charge in [-0.1, -0.05) is 168 Å². The van der Waals surface area contributed by atoms with Crippen molar-refractivity contribution in [2.75, 3.05) is 26.2 Å². The molecule has 0 aromatic heterocycles. The second-order valence-corrected chi connectivity index (χ2v) is 19.3. The molecule has 2 amide bonds. The number of alkyl carbamates (subject to hydrolysis) is 1. The van der Waals surface area contributed by atoms with Gasteiger partial charge in [0, 0.05) is 25.8 Å². The van der Waals surface area contributed by atoms with Crippen molar-refractivity contribution in [3.05, 3.63) is 145 Å². The number of Topliss-reactive ketones (excluding diaryl/α,β-unsaturated/α-hetero) is 1. The zero-order valence-electron chi connectivity index (χ0n) is 50.8. The number of amides is 2. The number of nitrogens with one attached hydrogen (secondary N) is 4. The summed E-state index contributed by atoms with van der Waals surface area (Å²) < 4.78 is 49.9. The van der Waals surface area contributed by atoms with Crippen molar-refractivity contribution in [2.24, 2.45) is 5.92 Å². The van der Waals surface area contributed by atoms with Gasteiger partial charge in [0.1, 0.15) is 44.7 Å². The Morgan fingerprint density at radius 3 is 1.71 bits per heavy atom.